The molecule has 0 N–H and O–H groups in total. The number of ether oxygens (including phenoxy) is 3. The molecule has 0 aliphatic carbocycles. The molecule has 1 aliphatic rings. The second-order valence-corrected chi connectivity index (χ2v) is 13.2. The van der Waals surface area contributed by atoms with E-state index in [4.69, 9.17) is 19.2 Å². The van der Waals surface area contributed by atoms with E-state index in [1.54, 1.807) is 30.7 Å². The number of esters is 1. The normalized spacial score (nSPS) is 15.8. The zero-order chi connectivity index (χ0) is 31.4. The standard InChI is InChI=1S/C34H45FN4O4/c1-22(2)42-32(40)30(43-33(4,5)6)28-23(3)36-21-27(29(28)39-16-14-34(7,8)15-17-39)31-37-19-26(20-38-31)41-18-13-24-9-11-25(35)12-10-24/h9-12,19-22,30H,13-18H2,1-8H3. The molecule has 1 aromatic carbocycles. The molecule has 1 fully saturated rings. The van der Waals surface area contributed by atoms with E-state index in [2.05, 4.69) is 28.7 Å². The molecule has 0 spiro atoms. The SMILES string of the molecule is Cc1ncc(-c2ncc(OCCc3ccc(F)cc3)cn2)c(N2CCC(C)(C)CC2)c1C(OC(C)(C)C)C(=O)OC(C)C. The molecular weight excluding hydrogens is 547 g/mol. The summed E-state index contributed by atoms with van der Waals surface area (Å²) in [5.41, 5.74) is 3.53. The van der Waals surface area contributed by atoms with E-state index in [0.29, 0.717) is 35.9 Å². The number of aryl methyl sites for hydroxylation is 1. The van der Waals surface area contributed by atoms with Crippen LogP contribution in [0.3, 0.4) is 0 Å². The molecule has 1 saturated heterocycles. The summed E-state index contributed by atoms with van der Waals surface area (Å²) in [6, 6.07) is 6.38. The highest BCUT2D eigenvalue weighted by Crippen LogP contribution is 2.43. The average molecular weight is 593 g/mol. The van der Waals surface area contributed by atoms with Gasteiger partial charge in [-0.3, -0.25) is 4.98 Å². The first-order valence-electron chi connectivity index (χ1n) is 15.0. The fourth-order valence-electron chi connectivity index (χ4n) is 5.10. The van der Waals surface area contributed by atoms with Crippen molar-refractivity contribution >= 4 is 11.7 Å². The molecule has 4 rings (SSSR count). The first-order chi connectivity index (χ1) is 20.2. The van der Waals surface area contributed by atoms with Crippen molar-refractivity contribution in [3.8, 4) is 17.1 Å². The highest BCUT2D eigenvalue weighted by molar-refractivity contribution is 5.85. The van der Waals surface area contributed by atoms with Gasteiger partial charge in [0.25, 0.3) is 0 Å². The van der Waals surface area contributed by atoms with E-state index < -0.39 is 17.7 Å². The number of halogens is 1. The van der Waals surface area contributed by atoms with Crippen molar-refractivity contribution in [2.24, 2.45) is 5.41 Å². The lowest BCUT2D eigenvalue weighted by atomic mass is 9.82. The number of hydrogen-bond donors (Lipinski definition) is 0. The van der Waals surface area contributed by atoms with E-state index in [9.17, 15) is 9.18 Å². The van der Waals surface area contributed by atoms with Crippen LogP contribution in [0, 0.1) is 18.2 Å². The predicted molar refractivity (Wildman–Crippen MR) is 166 cm³/mol. The molecule has 43 heavy (non-hydrogen) atoms. The summed E-state index contributed by atoms with van der Waals surface area (Å²) in [5.74, 6) is 0.299. The molecule has 1 aliphatic heterocycles. The summed E-state index contributed by atoms with van der Waals surface area (Å²) in [6.45, 7) is 17.9. The molecule has 1 atom stereocenters. The summed E-state index contributed by atoms with van der Waals surface area (Å²) in [7, 11) is 0. The third kappa shape index (κ3) is 8.72. The number of nitrogens with zero attached hydrogens (tertiary/aromatic N) is 4. The minimum absolute atomic E-state index is 0.222. The summed E-state index contributed by atoms with van der Waals surface area (Å²) in [6.07, 6.45) is 6.41. The minimum Gasteiger partial charge on any atom is -0.490 e. The van der Waals surface area contributed by atoms with Crippen molar-refractivity contribution in [1.29, 1.82) is 0 Å². The fraction of sp³-hybridized carbons (Fsp3) is 0.529. The molecule has 3 aromatic rings. The number of aromatic nitrogens is 3. The first-order valence-corrected chi connectivity index (χ1v) is 15.0. The van der Waals surface area contributed by atoms with Gasteiger partial charge in [-0.2, -0.15) is 0 Å². The van der Waals surface area contributed by atoms with Crippen molar-refractivity contribution in [2.75, 3.05) is 24.6 Å². The van der Waals surface area contributed by atoms with E-state index in [1.807, 2.05) is 41.5 Å². The van der Waals surface area contributed by atoms with Gasteiger partial charge in [-0.05, 0) is 77.5 Å². The monoisotopic (exact) mass is 592 g/mol. The third-order valence-electron chi connectivity index (χ3n) is 7.46. The molecule has 2 aromatic heterocycles. The van der Waals surface area contributed by atoms with E-state index >= 15 is 0 Å². The van der Waals surface area contributed by atoms with Gasteiger partial charge >= 0.3 is 5.97 Å². The van der Waals surface area contributed by atoms with Crippen molar-refractivity contribution in [3.05, 3.63) is 65.5 Å². The maximum Gasteiger partial charge on any atom is 0.340 e. The van der Waals surface area contributed by atoms with Gasteiger partial charge in [-0.15, -0.1) is 0 Å². The molecule has 0 saturated carbocycles. The highest BCUT2D eigenvalue weighted by Gasteiger charge is 2.37. The second kappa shape index (κ2) is 13.4. The molecule has 232 valence electrons. The average Bonchev–Trinajstić information content (AvgIpc) is 2.92. The largest absolute Gasteiger partial charge is 0.490 e. The van der Waals surface area contributed by atoms with Crippen LogP contribution in [0.5, 0.6) is 5.75 Å². The van der Waals surface area contributed by atoms with Crippen LogP contribution in [0.4, 0.5) is 10.1 Å². The first kappa shape index (κ1) is 32.3. The van der Waals surface area contributed by atoms with Crippen molar-refractivity contribution < 1.29 is 23.4 Å². The summed E-state index contributed by atoms with van der Waals surface area (Å²) >= 11 is 0. The lowest BCUT2D eigenvalue weighted by Gasteiger charge is -2.40. The van der Waals surface area contributed by atoms with Crippen LogP contribution in [0.2, 0.25) is 0 Å². The van der Waals surface area contributed by atoms with Crippen LogP contribution in [0.1, 0.15) is 84.2 Å². The molecule has 9 heteroatoms. The van der Waals surface area contributed by atoms with Crippen LogP contribution < -0.4 is 9.64 Å². The summed E-state index contributed by atoms with van der Waals surface area (Å²) in [5, 5.41) is 0. The number of rotatable bonds is 10. The maximum absolute atomic E-state index is 13.6. The lowest BCUT2D eigenvalue weighted by Crippen LogP contribution is -2.39. The van der Waals surface area contributed by atoms with Gasteiger partial charge in [0.1, 0.15) is 5.82 Å². The second-order valence-electron chi connectivity index (χ2n) is 13.2. The smallest absolute Gasteiger partial charge is 0.340 e. The molecular formula is C34H45FN4O4. The Morgan fingerprint density at radius 1 is 1.02 bits per heavy atom. The number of anilines is 1. The molecule has 8 nitrogen and oxygen atoms in total. The number of carbonyl (C=O) groups is 1. The van der Waals surface area contributed by atoms with Gasteiger partial charge in [-0.25, -0.2) is 19.2 Å². The highest BCUT2D eigenvalue weighted by atomic mass is 19.1. The number of benzene rings is 1. The summed E-state index contributed by atoms with van der Waals surface area (Å²) in [4.78, 5) is 29.9. The zero-order valence-corrected chi connectivity index (χ0v) is 26.7. The molecule has 1 unspecified atom stereocenters. The van der Waals surface area contributed by atoms with Gasteiger partial charge < -0.3 is 19.1 Å². The van der Waals surface area contributed by atoms with E-state index in [1.165, 1.54) is 12.1 Å². The Hall–Kier alpha value is -3.59. The van der Waals surface area contributed by atoms with Crippen molar-refractivity contribution in [3.63, 3.8) is 0 Å². The Bertz CT molecular complexity index is 1380. The summed E-state index contributed by atoms with van der Waals surface area (Å²) < 4.78 is 31.2. The molecule has 0 bridgehead atoms. The van der Waals surface area contributed by atoms with Gasteiger partial charge in [-0.1, -0.05) is 26.0 Å². The van der Waals surface area contributed by atoms with Gasteiger partial charge in [0.2, 0.25) is 0 Å². The van der Waals surface area contributed by atoms with Crippen molar-refractivity contribution in [1.82, 2.24) is 15.0 Å². The van der Waals surface area contributed by atoms with Crippen LogP contribution in [0.15, 0.2) is 42.9 Å². The Labute approximate surface area is 255 Å². The Kier molecular flexibility index (Phi) is 10.1. The van der Waals surface area contributed by atoms with Gasteiger partial charge in [0.05, 0.1) is 42.0 Å². The number of pyridine rings is 1. The number of piperidine rings is 1. The lowest BCUT2D eigenvalue weighted by molar-refractivity contribution is -0.171. The minimum atomic E-state index is -0.978. The van der Waals surface area contributed by atoms with Crippen LogP contribution in [-0.2, 0) is 20.7 Å². The fourth-order valence-corrected chi connectivity index (χ4v) is 5.10. The van der Waals surface area contributed by atoms with E-state index in [0.717, 1.165) is 42.7 Å². The van der Waals surface area contributed by atoms with Crippen molar-refractivity contribution in [2.45, 2.75) is 92.5 Å². The van der Waals surface area contributed by atoms with Gasteiger partial charge in [0.15, 0.2) is 17.7 Å². The molecule has 0 amide bonds. The Morgan fingerprint density at radius 2 is 1.65 bits per heavy atom. The Morgan fingerprint density at radius 3 is 2.23 bits per heavy atom. The third-order valence-corrected chi connectivity index (χ3v) is 7.46. The predicted octanol–water partition coefficient (Wildman–Crippen LogP) is 7.04. The van der Waals surface area contributed by atoms with Crippen LogP contribution in [-0.4, -0.2) is 52.3 Å². The quantitative estimate of drug-likeness (QED) is 0.232. The van der Waals surface area contributed by atoms with Gasteiger partial charge in [0, 0.05) is 37.0 Å². The maximum atomic E-state index is 13.6. The zero-order valence-electron chi connectivity index (χ0n) is 26.7. The number of carbonyl (C=O) groups excluding carboxylic acids is 1. The van der Waals surface area contributed by atoms with Crippen LogP contribution >= 0.6 is 0 Å². The van der Waals surface area contributed by atoms with Crippen LogP contribution in [0.25, 0.3) is 11.4 Å². The number of hydrogen-bond acceptors (Lipinski definition) is 8. The molecule has 3 heterocycles. The molecule has 0 radical (unpaired) electrons. The van der Waals surface area contributed by atoms with E-state index in [-0.39, 0.29) is 17.3 Å². The topological polar surface area (TPSA) is 86.7 Å². The Balaban J connectivity index is 1.71.